The first-order chi connectivity index (χ1) is 15.0. The molecule has 8 heteroatoms. The Morgan fingerprint density at radius 1 is 1.16 bits per heavy atom. The molecule has 3 N–H and O–H groups in total. The molecule has 2 aromatic rings. The normalized spacial score (nSPS) is 19.6. The average Bonchev–Trinajstić information content (AvgIpc) is 3.18. The summed E-state index contributed by atoms with van der Waals surface area (Å²) in [7, 11) is -1.68. The van der Waals surface area contributed by atoms with Crippen LogP contribution in [0.3, 0.4) is 0 Å². The number of carbonyl (C=O) groups is 2. The van der Waals surface area contributed by atoms with Crippen molar-refractivity contribution in [1.29, 1.82) is 0 Å². The third kappa shape index (κ3) is 3.54. The topological polar surface area (TPSA) is 90.1 Å². The number of nitrogens with one attached hydrogen (secondary N) is 3. The van der Waals surface area contributed by atoms with E-state index in [2.05, 4.69) is 40.5 Å². The third-order valence-electron chi connectivity index (χ3n) is 7.66. The number of aromatic amines is 1. The Labute approximate surface area is 191 Å². The van der Waals surface area contributed by atoms with E-state index in [0.29, 0.717) is 12.4 Å². The molecule has 4 rings (SSSR count). The van der Waals surface area contributed by atoms with Crippen molar-refractivity contribution in [2.75, 3.05) is 5.32 Å². The molecule has 3 amide bonds. The van der Waals surface area contributed by atoms with Gasteiger partial charge in [-0.05, 0) is 39.2 Å². The predicted molar refractivity (Wildman–Crippen MR) is 129 cm³/mol. The van der Waals surface area contributed by atoms with Crippen molar-refractivity contribution in [2.45, 2.75) is 82.8 Å². The molecule has 0 radical (unpaired) electrons. The molecule has 0 bridgehead atoms. The summed E-state index contributed by atoms with van der Waals surface area (Å²) >= 11 is 0. The van der Waals surface area contributed by atoms with Gasteiger partial charge in [-0.2, -0.15) is 5.10 Å². The number of fused-ring (bicyclic) bond motifs is 1. The molecule has 2 aliphatic rings. The highest BCUT2D eigenvalue weighted by molar-refractivity contribution is 6.83. The maximum atomic E-state index is 13.3. The van der Waals surface area contributed by atoms with E-state index in [1.165, 1.54) is 0 Å². The van der Waals surface area contributed by atoms with Crippen LogP contribution in [0.4, 0.5) is 10.6 Å². The van der Waals surface area contributed by atoms with Gasteiger partial charge in [-0.3, -0.25) is 9.89 Å². The molecule has 1 aliphatic heterocycles. The van der Waals surface area contributed by atoms with Crippen molar-refractivity contribution in [2.24, 2.45) is 0 Å². The number of nitrogens with zero attached hydrogens (tertiary/aromatic N) is 2. The van der Waals surface area contributed by atoms with E-state index >= 15 is 0 Å². The summed E-state index contributed by atoms with van der Waals surface area (Å²) in [5, 5.41) is 13.5. The third-order valence-corrected chi connectivity index (χ3v) is 11.3. The van der Waals surface area contributed by atoms with Crippen LogP contribution in [0.25, 0.3) is 0 Å². The van der Waals surface area contributed by atoms with Crippen molar-refractivity contribution in [3.05, 3.63) is 47.2 Å². The Balaban J connectivity index is 1.51. The van der Waals surface area contributed by atoms with Gasteiger partial charge in [-0.1, -0.05) is 56.4 Å². The largest absolute Gasteiger partial charge is 0.331 e. The van der Waals surface area contributed by atoms with Crippen LogP contribution in [0.5, 0.6) is 0 Å². The summed E-state index contributed by atoms with van der Waals surface area (Å²) in [6.45, 7) is 13.2. The van der Waals surface area contributed by atoms with Gasteiger partial charge >= 0.3 is 6.03 Å². The number of amides is 3. The summed E-state index contributed by atoms with van der Waals surface area (Å²) in [6.07, 6.45) is 3.02. The maximum Gasteiger partial charge on any atom is 0.318 e. The first-order valence-corrected chi connectivity index (χ1v) is 15.0. The number of hydrogen-bond donors (Lipinski definition) is 3. The standard InChI is InChI=1S/C24H35N5O2Si/c1-16(17-11-8-7-9-12-17)25-22(31)29-15-18-19(23(29,2)3)27-28-20(18)26-21(30)24(13-10-14-24)32(4,5)6/h7-9,11-12,16H,10,13-15H2,1-6H3,(H,25,31)(H2,26,27,28,30)/t16-/m0/s1. The fourth-order valence-corrected chi connectivity index (χ4v) is 7.71. The number of anilines is 1. The van der Waals surface area contributed by atoms with Gasteiger partial charge in [-0.15, -0.1) is 0 Å². The van der Waals surface area contributed by atoms with E-state index in [-0.39, 0.29) is 23.0 Å². The second kappa shape index (κ2) is 7.76. The summed E-state index contributed by atoms with van der Waals surface area (Å²) in [5.41, 5.74) is 2.28. The Bertz CT molecular complexity index is 1020. The van der Waals surface area contributed by atoms with Gasteiger partial charge in [0.15, 0.2) is 5.82 Å². The minimum atomic E-state index is -1.68. The van der Waals surface area contributed by atoms with Crippen molar-refractivity contribution in [3.8, 4) is 0 Å². The molecule has 7 nitrogen and oxygen atoms in total. The quantitative estimate of drug-likeness (QED) is 0.548. The summed E-state index contributed by atoms with van der Waals surface area (Å²) < 4.78 is 0. The smallest absolute Gasteiger partial charge is 0.318 e. The van der Waals surface area contributed by atoms with Crippen LogP contribution in [0.2, 0.25) is 24.7 Å². The molecule has 0 spiro atoms. The molecule has 1 atom stereocenters. The molecular formula is C24H35N5O2Si. The monoisotopic (exact) mass is 453 g/mol. The molecule has 1 saturated carbocycles. The van der Waals surface area contributed by atoms with Gasteiger partial charge in [0.1, 0.15) is 0 Å². The van der Waals surface area contributed by atoms with Gasteiger partial charge in [0.05, 0.1) is 31.9 Å². The first kappa shape index (κ1) is 22.6. The fraction of sp³-hybridized carbons (Fsp3) is 0.542. The highest BCUT2D eigenvalue weighted by atomic mass is 28.3. The minimum Gasteiger partial charge on any atom is -0.331 e. The van der Waals surface area contributed by atoms with Gasteiger partial charge < -0.3 is 15.5 Å². The Kier molecular flexibility index (Phi) is 5.47. The van der Waals surface area contributed by atoms with Crippen LogP contribution in [0.15, 0.2) is 30.3 Å². The summed E-state index contributed by atoms with van der Waals surface area (Å²) in [4.78, 5) is 28.3. The van der Waals surface area contributed by atoms with Gasteiger partial charge in [-0.25, -0.2) is 4.79 Å². The number of H-pyrrole nitrogens is 1. The van der Waals surface area contributed by atoms with Crippen LogP contribution in [-0.4, -0.2) is 35.1 Å². The molecule has 172 valence electrons. The van der Waals surface area contributed by atoms with Crippen molar-refractivity contribution >= 4 is 25.8 Å². The van der Waals surface area contributed by atoms with E-state index in [1.54, 1.807) is 0 Å². The van der Waals surface area contributed by atoms with Gasteiger partial charge in [0.25, 0.3) is 0 Å². The number of urea groups is 1. The lowest BCUT2D eigenvalue weighted by Gasteiger charge is -2.48. The highest BCUT2D eigenvalue weighted by Gasteiger charge is 2.54. The fourth-order valence-electron chi connectivity index (χ4n) is 5.11. The number of benzene rings is 1. The second-order valence-electron chi connectivity index (χ2n) is 10.8. The van der Waals surface area contributed by atoms with Crippen molar-refractivity contribution in [3.63, 3.8) is 0 Å². The molecule has 0 unspecified atom stereocenters. The summed E-state index contributed by atoms with van der Waals surface area (Å²) in [6, 6.07) is 9.69. The average molecular weight is 454 g/mol. The van der Waals surface area contributed by atoms with Crippen LogP contribution in [0.1, 0.15) is 62.9 Å². The van der Waals surface area contributed by atoms with Crippen molar-refractivity contribution < 1.29 is 9.59 Å². The van der Waals surface area contributed by atoms with E-state index in [4.69, 9.17) is 0 Å². The van der Waals surface area contributed by atoms with Crippen LogP contribution in [0, 0.1) is 0 Å². The molecule has 1 aliphatic carbocycles. The van der Waals surface area contributed by atoms with E-state index in [1.807, 2.05) is 56.0 Å². The molecule has 1 fully saturated rings. The lowest BCUT2D eigenvalue weighted by Crippen LogP contribution is -2.52. The molecule has 1 aromatic carbocycles. The molecule has 0 saturated heterocycles. The SMILES string of the molecule is C[C@H](NC(=O)N1Cc2c(NC(=O)C3([Si](C)(C)C)CCC3)n[nH]c2C1(C)C)c1ccccc1. The first-order valence-electron chi connectivity index (χ1n) is 11.5. The lowest BCUT2D eigenvalue weighted by molar-refractivity contribution is -0.121. The highest BCUT2D eigenvalue weighted by Crippen LogP contribution is 2.56. The predicted octanol–water partition coefficient (Wildman–Crippen LogP) is 5.13. The van der Waals surface area contributed by atoms with Crippen LogP contribution in [-0.2, 0) is 16.9 Å². The number of carbonyl (C=O) groups excluding carboxylic acids is 2. The molecule has 1 aromatic heterocycles. The van der Waals surface area contributed by atoms with E-state index < -0.39 is 13.6 Å². The zero-order chi connectivity index (χ0) is 23.3. The molecule has 32 heavy (non-hydrogen) atoms. The Morgan fingerprint density at radius 3 is 2.38 bits per heavy atom. The Morgan fingerprint density at radius 2 is 1.81 bits per heavy atom. The zero-order valence-electron chi connectivity index (χ0n) is 20.0. The number of rotatable bonds is 5. The van der Waals surface area contributed by atoms with Gasteiger partial charge in [0, 0.05) is 10.6 Å². The van der Waals surface area contributed by atoms with E-state index in [0.717, 1.165) is 36.1 Å². The lowest BCUT2D eigenvalue weighted by atomic mass is 9.83. The summed E-state index contributed by atoms with van der Waals surface area (Å²) in [5.74, 6) is 0.657. The van der Waals surface area contributed by atoms with Gasteiger partial charge in [0.2, 0.25) is 5.91 Å². The minimum absolute atomic E-state index is 0.0932. The molecule has 2 heterocycles. The number of hydrogen-bond acceptors (Lipinski definition) is 3. The van der Waals surface area contributed by atoms with Crippen molar-refractivity contribution in [1.82, 2.24) is 20.4 Å². The van der Waals surface area contributed by atoms with E-state index in [9.17, 15) is 9.59 Å². The number of aromatic nitrogens is 2. The van der Waals surface area contributed by atoms with Crippen LogP contribution >= 0.6 is 0 Å². The maximum absolute atomic E-state index is 13.3. The molecular weight excluding hydrogens is 418 g/mol. The Hall–Kier alpha value is -2.61. The second-order valence-corrected chi connectivity index (χ2v) is 16.2. The van der Waals surface area contributed by atoms with Crippen LogP contribution < -0.4 is 10.6 Å². The zero-order valence-corrected chi connectivity index (χ0v) is 21.0.